The van der Waals surface area contributed by atoms with Crippen LogP contribution < -0.4 is 0 Å². The van der Waals surface area contributed by atoms with Gasteiger partial charge in [-0.3, -0.25) is 4.68 Å². The van der Waals surface area contributed by atoms with Crippen molar-refractivity contribution in [2.45, 2.75) is 45.1 Å². The van der Waals surface area contributed by atoms with E-state index in [0.717, 1.165) is 12.8 Å². The van der Waals surface area contributed by atoms with Crippen LogP contribution in [0, 0.1) is 11.3 Å². The Kier molecular flexibility index (Phi) is 3.98. The van der Waals surface area contributed by atoms with Crippen LogP contribution in [0.15, 0.2) is 6.20 Å². The fraction of sp³-hybridized carbons (Fsp3) is 0.615. The standard InChI is InChI=1S/C13H17N3O2/c1-2-18-13(17)11-9-16(15-12(11)8-14)10-6-4-3-5-7-10/h9-10H,2-7H2,1H3. The molecule has 18 heavy (non-hydrogen) atoms. The lowest BCUT2D eigenvalue weighted by molar-refractivity contribution is 0.0526. The first-order valence-corrected chi connectivity index (χ1v) is 6.42. The molecule has 0 aliphatic heterocycles. The average molecular weight is 247 g/mol. The van der Waals surface area contributed by atoms with Gasteiger partial charge in [0.2, 0.25) is 0 Å². The molecular weight excluding hydrogens is 230 g/mol. The van der Waals surface area contributed by atoms with Gasteiger partial charge in [-0.05, 0) is 19.8 Å². The van der Waals surface area contributed by atoms with Crippen LogP contribution in [-0.4, -0.2) is 22.4 Å². The Morgan fingerprint density at radius 3 is 2.89 bits per heavy atom. The zero-order valence-corrected chi connectivity index (χ0v) is 10.6. The van der Waals surface area contributed by atoms with Gasteiger partial charge in [-0.25, -0.2) is 4.79 Å². The Labute approximate surface area is 106 Å². The number of carbonyl (C=O) groups excluding carboxylic acids is 1. The van der Waals surface area contributed by atoms with Crippen LogP contribution in [0.5, 0.6) is 0 Å². The van der Waals surface area contributed by atoms with E-state index >= 15 is 0 Å². The van der Waals surface area contributed by atoms with Crippen molar-refractivity contribution in [2.24, 2.45) is 0 Å². The van der Waals surface area contributed by atoms with Crippen LogP contribution in [0.25, 0.3) is 0 Å². The van der Waals surface area contributed by atoms with Crippen LogP contribution in [-0.2, 0) is 4.74 Å². The third-order valence-electron chi connectivity index (χ3n) is 3.28. The lowest BCUT2D eigenvalue weighted by Crippen LogP contribution is -2.13. The molecule has 0 radical (unpaired) electrons. The molecule has 1 fully saturated rings. The van der Waals surface area contributed by atoms with Crippen molar-refractivity contribution in [1.29, 1.82) is 5.26 Å². The molecule has 1 aromatic heterocycles. The molecule has 2 rings (SSSR count). The van der Waals surface area contributed by atoms with Gasteiger partial charge in [0.25, 0.3) is 0 Å². The molecule has 0 N–H and O–H groups in total. The lowest BCUT2D eigenvalue weighted by Gasteiger charge is -2.21. The molecule has 1 aliphatic carbocycles. The van der Waals surface area contributed by atoms with E-state index in [1.807, 2.05) is 6.07 Å². The molecule has 1 aromatic rings. The Morgan fingerprint density at radius 2 is 2.28 bits per heavy atom. The fourth-order valence-corrected chi connectivity index (χ4v) is 2.37. The Hall–Kier alpha value is -1.83. The molecule has 96 valence electrons. The van der Waals surface area contributed by atoms with Crippen LogP contribution in [0.3, 0.4) is 0 Å². The second kappa shape index (κ2) is 5.67. The highest BCUT2D eigenvalue weighted by Crippen LogP contribution is 2.28. The molecule has 0 unspecified atom stereocenters. The van der Waals surface area contributed by atoms with Gasteiger partial charge in [0, 0.05) is 6.20 Å². The maximum absolute atomic E-state index is 11.7. The largest absolute Gasteiger partial charge is 0.462 e. The van der Waals surface area contributed by atoms with Gasteiger partial charge in [-0.1, -0.05) is 19.3 Å². The number of hydrogen-bond acceptors (Lipinski definition) is 4. The molecule has 5 nitrogen and oxygen atoms in total. The first-order chi connectivity index (χ1) is 8.76. The van der Waals surface area contributed by atoms with Crippen molar-refractivity contribution in [3.63, 3.8) is 0 Å². The van der Waals surface area contributed by atoms with Gasteiger partial charge >= 0.3 is 5.97 Å². The number of ether oxygens (including phenoxy) is 1. The minimum Gasteiger partial charge on any atom is -0.462 e. The molecule has 0 aromatic carbocycles. The van der Waals surface area contributed by atoms with Gasteiger partial charge in [0.05, 0.1) is 12.6 Å². The predicted molar refractivity (Wildman–Crippen MR) is 65.0 cm³/mol. The van der Waals surface area contributed by atoms with E-state index in [1.165, 1.54) is 19.3 Å². The lowest BCUT2D eigenvalue weighted by atomic mass is 9.96. The molecule has 1 saturated carbocycles. The van der Waals surface area contributed by atoms with Crippen molar-refractivity contribution in [2.75, 3.05) is 6.61 Å². The number of carbonyl (C=O) groups is 1. The van der Waals surface area contributed by atoms with E-state index in [4.69, 9.17) is 10.00 Å². The van der Waals surface area contributed by atoms with Crippen molar-refractivity contribution < 1.29 is 9.53 Å². The second-order valence-electron chi connectivity index (χ2n) is 4.50. The van der Waals surface area contributed by atoms with Gasteiger partial charge in [-0.15, -0.1) is 0 Å². The SMILES string of the molecule is CCOC(=O)c1cn(C2CCCCC2)nc1C#N. The number of nitrogens with zero attached hydrogens (tertiary/aromatic N) is 3. The van der Waals surface area contributed by atoms with Crippen molar-refractivity contribution in [1.82, 2.24) is 9.78 Å². The van der Waals surface area contributed by atoms with Crippen LogP contribution in [0.2, 0.25) is 0 Å². The molecule has 1 aliphatic rings. The summed E-state index contributed by atoms with van der Waals surface area (Å²) in [5, 5.41) is 13.2. The van der Waals surface area contributed by atoms with Gasteiger partial charge < -0.3 is 4.74 Å². The molecule has 0 bridgehead atoms. The van der Waals surface area contributed by atoms with E-state index in [0.29, 0.717) is 12.6 Å². The van der Waals surface area contributed by atoms with Crippen molar-refractivity contribution in [3.8, 4) is 6.07 Å². The molecule has 5 heteroatoms. The summed E-state index contributed by atoms with van der Waals surface area (Å²) < 4.78 is 6.70. The molecule has 0 amide bonds. The van der Waals surface area contributed by atoms with Crippen LogP contribution in [0.1, 0.15) is 61.1 Å². The predicted octanol–water partition coefficient (Wildman–Crippen LogP) is 2.44. The van der Waals surface area contributed by atoms with Crippen molar-refractivity contribution >= 4 is 5.97 Å². The minimum absolute atomic E-state index is 0.166. The number of esters is 1. The average Bonchev–Trinajstić information content (AvgIpc) is 2.84. The number of nitriles is 1. The van der Waals surface area contributed by atoms with Crippen LogP contribution >= 0.6 is 0 Å². The van der Waals surface area contributed by atoms with E-state index in [2.05, 4.69) is 5.10 Å². The third-order valence-corrected chi connectivity index (χ3v) is 3.28. The van der Waals surface area contributed by atoms with E-state index in [1.54, 1.807) is 17.8 Å². The first kappa shape index (κ1) is 12.6. The summed E-state index contributed by atoms with van der Waals surface area (Å²) in [5.74, 6) is -0.462. The Balaban J connectivity index is 2.23. The summed E-state index contributed by atoms with van der Waals surface area (Å²) in [7, 11) is 0. The van der Waals surface area contributed by atoms with E-state index in [9.17, 15) is 4.79 Å². The normalized spacial score (nSPS) is 16.2. The summed E-state index contributed by atoms with van der Waals surface area (Å²) in [6.07, 6.45) is 7.41. The number of hydrogen-bond donors (Lipinski definition) is 0. The zero-order chi connectivity index (χ0) is 13.0. The summed E-state index contributed by atoms with van der Waals surface area (Å²) in [4.78, 5) is 11.7. The number of rotatable bonds is 3. The summed E-state index contributed by atoms with van der Waals surface area (Å²) in [6.45, 7) is 2.05. The van der Waals surface area contributed by atoms with Gasteiger partial charge in [0.15, 0.2) is 5.69 Å². The molecule has 0 spiro atoms. The highest BCUT2D eigenvalue weighted by molar-refractivity contribution is 5.91. The monoisotopic (exact) mass is 247 g/mol. The van der Waals surface area contributed by atoms with Crippen molar-refractivity contribution in [3.05, 3.63) is 17.5 Å². The summed E-state index contributed by atoms with van der Waals surface area (Å²) in [5.41, 5.74) is 0.448. The molecule has 0 saturated heterocycles. The smallest absolute Gasteiger partial charge is 0.342 e. The van der Waals surface area contributed by atoms with Crippen LogP contribution in [0.4, 0.5) is 0 Å². The molecular formula is C13H17N3O2. The topological polar surface area (TPSA) is 67.9 Å². The van der Waals surface area contributed by atoms with E-state index in [-0.39, 0.29) is 11.3 Å². The second-order valence-corrected chi connectivity index (χ2v) is 4.50. The summed E-state index contributed by atoms with van der Waals surface area (Å²) in [6, 6.07) is 2.28. The first-order valence-electron chi connectivity index (χ1n) is 6.42. The number of aromatic nitrogens is 2. The van der Waals surface area contributed by atoms with E-state index < -0.39 is 5.97 Å². The minimum atomic E-state index is -0.462. The molecule has 0 atom stereocenters. The fourth-order valence-electron chi connectivity index (χ4n) is 2.37. The zero-order valence-electron chi connectivity index (χ0n) is 10.6. The summed E-state index contributed by atoms with van der Waals surface area (Å²) >= 11 is 0. The maximum atomic E-state index is 11.7. The quantitative estimate of drug-likeness (QED) is 0.769. The Morgan fingerprint density at radius 1 is 1.56 bits per heavy atom. The maximum Gasteiger partial charge on any atom is 0.342 e. The molecule has 1 heterocycles. The third kappa shape index (κ3) is 2.53. The highest BCUT2D eigenvalue weighted by Gasteiger charge is 2.22. The Bertz CT molecular complexity index is 467. The van der Waals surface area contributed by atoms with Gasteiger partial charge in [-0.2, -0.15) is 10.4 Å². The van der Waals surface area contributed by atoms with Gasteiger partial charge in [0.1, 0.15) is 11.6 Å². The highest BCUT2D eigenvalue weighted by atomic mass is 16.5.